The van der Waals surface area contributed by atoms with Crippen LogP contribution in [0.2, 0.25) is 18.1 Å². The molecule has 0 N–H and O–H groups in total. The molecule has 1 amide bonds. The molecule has 5 nitrogen and oxygen atoms in total. The maximum Gasteiger partial charge on any atom is 0.242 e. The van der Waals surface area contributed by atoms with Crippen molar-refractivity contribution < 1.29 is 17.6 Å². The third-order valence-corrected chi connectivity index (χ3v) is 16.0. The zero-order valence-corrected chi connectivity index (χ0v) is 23.0. The minimum atomic E-state index is -3.62. The maximum atomic E-state index is 13.8. The highest BCUT2D eigenvalue weighted by Crippen LogP contribution is 2.70. The SMILES string of the molecule is C/C=C(\C)[C@H](O[Si](C)(C)C(C)(C)C)[C@H](C)C(=O)N1C2CC3CCC2(CS1(=O)=O)C3(C)C. The van der Waals surface area contributed by atoms with Crippen LogP contribution in [0.4, 0.5) is 0 Å². The molecule has 178 valence electrons. The van der Waals surface area contributed by atoms with Gasteiger partial charge in [0.25, 0.3) is 0 Å². The van der Waals surface area contributed by atoms with Gasteiger partial charge < -0.3 is 4.43 Å². The zero-order chi connectivity index (χ0) is 23.8. The van der Waals surface area contributed by atoms with Crippen molar-refractivity contribution in [3.8, 4) is 0 Å². The first-order chi connectivity index (χ1) is 13.9. The van der Waals surface area contributed by atoms with Gasteiger partial charge in [-0.3, -0.25) is 4.79 Å². The molecular weight excluding hydrogens is 426 g/mol. The molecule has 2 aliphatic carbocycles. The second kappa shape index (κ2) is 7.42. The molecule has 2 bridgehead atoms. The summed E-state index contributed by atoms with van der Waals surface area (Å²) in [6, 6.07) is -0.194. The van der Waals surface area contributed by atoms with Crippen molar-refractivity contribution in [1.82, 2.24) is 4.31 Å². The van der Waals surface area contributed by atoms with Crippen molar-refractivity contribution in [3.05, 3.63) is 11.6 Å². The lowest BCUT2D eigenvalue weighted by Gasteiger charge is -2.42. The van der Waals surface area contributed by atoms with Crippen LogP contribution >= 0.6 is 0 Å². The molecule has 3 rings (SSSR count). The highest BCUT2D eigenvalue weighted by Gasteiger charge is 2.72. The number of hydrogen-bond acceptors (Lipinski definition) is 4. The number of fused-ring (bicyclic) bond motifs is 1. The molecule has 1 spiro atoms. The number of carbonyl (C=O) groups excluding carboxylic acids is 1. The molecule has 0 aromatic rings. The van der Waals surface area contributed by atoms with Gasteiger partial charge in [0.2, 0.25) is 15.9 Å². The predicted molar refractivity (Wildman–Crippen MR) is 129 cm³/mol. The molecule has 3 fully saturated rings. The summed E-state index contributed by atoms with van der Waals surface area (Å²) >= 11 is 0. The lowest BCUT2D eigenvalue weighted by molar-refractivity contribution is -0.135. The molecule has 31 heavy (non-hydrogen) atoms. The van der Waals surface area contributed by atoms with Gasteiger partial charge in [0.05, 0.1) is 23.8 Å². The summed E-state index contributed by atoms with van der Waals surface area (Å²) in [4.78, 5) is 13.8. The van der Waals surface area contributed by atoms with Crippen LogP contribution in [-0.4, -0.2) is 44.8 Å². The number of rotatable bonds is 5. The van der Waals surface area contributed by atoms with E-state index < -0.39 is 30.4 Å². The fourth-order valence-electron chi connectivity index (χ4n) is 6.16. The Balaban J connectivity index is 1.95. The van der Waals surface area contributed by atoms with E-state index in [4.69, 9.17) is 4.43 Å². The summed E-state index contributed by atoms with van der Waals surface area (Å²) in [5.74, 6) is -0.217. The van der Waals surface area contributed by atoms with Crippen molar-refractivity contribution in [2.75, 3.05) is 5.75 Å². The van der Waals surface area contributed by atoms with Crippen LogP contribution in [0.5, 0.6) is 0 Å². The third-order valence-electron chi connectivity index (χ3n) is 9.60. The van der Waals surface area contributed by atoms with Gasteiger partial charge in [0.1, 0.15) is 0 Å². The smallest absolute Gasteiger partial charge is 0.242 e. The number of carbonyl (C=O) groups is 1. The van der Waals surface area contributed by atoms with Gasteiger partial charge in [-0.15, -0.1) is 0 Å². The fourth-order valence-corrected chi connectivity index (χ4v) is 10.2. The Morgan fingerprint density at radius 1 is 1.26 bits per heavy atom. The topological polar surface area (TPSA) is 63.7 Å². The van der Waals surface area contributed by atoms with E-state index in [2.05, 4.69) is 47.7 Å². The molecule has 3 aliphatic rings. The maximum absolute atomic E-state index is 13.8. The van der Waals surface area contributed by atoms with Gasteiger partial charge in [-0.25, -0.2) is 12.7 Å². The second-order valence-corrected chi connectivity index (χ2v) is 19.0. The molecular formula is C24H43NO4SSi. The van der Waals surface area contributed by atoms with Gasteiger partial charge in [-0.2, -0.15) is 0 Å². The molecule has 1 saturated heterocycles. The monoisotopic (exact) mass is 469 g/mol. The normalized spacial score (nSPS) is 34.0. The highest BCUT2D eigenvalue weighted by atomic mass is 32.2. The van der Waals surface area contributed by atoms with E-state index in [9.17, 15) is 13.2 Å². The third kappa shape index (κ3) is 3.57. The highest BCUT2D eigenvalue weighted by molar-refractivity contribution is 7.90. The van der Waals surface area contributed by atoms with Gasteiger partial charge >= 0.3 is 0 Å². The van der Waals surface area contributed by atoms with Crippen LogP contribution in [-0.2, 0) is 19.2 Å². The molecule has 7 heteroatoms. The van der Waals surface area contributed by atoms with Gasteiger partial charge in [-0.05, 0) is 68.1 Å². The second-order valence-electron chi connectivity index (χ2n) is 12.4. The Morgan fingerprint density at radius 3 is 2.32 bits per heavy atom. The van der Waals surface area contributed by atoms with E-state index in [1.54, 1.807) is 0 Å². The van der Waals surface area contributed by atoms with Crippen LogP contribution in [0.1, 0.15) is 74.7 Å². The lowest BCUT2D eigenvalue weighted by Crippen LogP contribution is -2.51. The summed E-state index contributed by atoms with van der Waals surface area (Å²) in [5.41, 5.74) is 0.654. The molecule has 0 aromatic heterocycles. The molecule has 3 unspecified atom stereocenters. The standard InChI is InChI=1S/C24H43NO4SSi/c1-11-16(2)20(29-31(9,10)22(4,5)6)17(3)21(26)25-19-14-18-12-13-24(19,23(18,7)8)15-30(25,27)28/h11,17-20H,12-15H2,1-10H3/b16-11+/t17-,18?,19?,20-,24?/m0/s1. The Kier molecular flexibility index (Phi) is 5.98. The Hall–Kier alpha value is -0.663. The van der Waals surface area contributed by atoms with Crippen molar-refractivity contribution >= 4 is 24.2 Å². The van der Waals surface area contributed by atoms with Gasteiger partial charge in [0.15, 0.2) is 8.32 Å². The summed E-state index contributed by atoms with van der Waals surface area (Å²) in [7, 11) is -5.78. The molecule has 2 saturated carbocycles. The van der Waals surface area contributed by atoms with Crippen LogP contribution < -0.4 is 0 Å². The average Bonchev–Trinajstić information content (AvgIpc) is 3.11. The Morgan fingerprint density at radius 2 is 1.84 bits per heavy atom. The fraction of sp³-hybridized carbons (Fsp3) is 0.875. The number of allylic oxidation sites excluding steroid dienone is 1. The van der Waals surface area contributed by atoms with E-state index in [-0.39, 0.29) is 33.6 Å². The predicted octanol–water partition coefficient (Wildman–Crippen LogP) is 5.35. The Bertz CT molecular complexity index is 886. The minimum Gasteiger partial charge on any atom is -0.409 e. The molecule has 1 aliphatic heterocycles. The Labute approximate surface area is 191 Å². The molecule has 0 radical (unpaired) electrons. The van der Waals surface area contributed by atoms with E-state index >= 15 is 0 Å². The van der Waals surface area contributed by atoms with Crippen molar-refractivity contribution in [2.45, 2.75) is 105 Å². The van der Waals surface area contributed by atoms with Crippen molar-refractivity contribution in [1.29, 1.82) is 0 Å². The molecule has 0 aromatic carbocycles. The van der Waals surface area contributed by atoms with Gasteiger partial charge in [0, 0.05) is 5.41 Å². The van der Waals surface area contributed by atoms with E-state index in [1.807, 2.05) is 26.8 Å². The lowest BCUT2D eigenvalue weighted by atomic mass is 9.69. The largest absolute Gasteiger partial charge is 0.409 e. The summed E-state index contributed by atoms with van der Waals surface area (Å²) in [6.07, 6.45) is 4.37. The first-order valence-electron chi connectivity index (χ1n) is 11.8. The van der Waals surface area contributed by atoms with E-state index in [0.29, 0.717) is 5.92 Å². The quantitative estimate of drug-likeness (QED) is 0.402. The molecule has 5 atom stereocenters. The van der Waals surface area contributed by atoms with E-state index in [0.717, 1.165) is 24.8 Å². The van der Waals surface area contributed by atoms with Crippen LogP contribution in [0.15, 0.2) is 11.6 Å². The van der Waals surface area contributed by atoms with Crippen molar-refractivity contribution in [2.24, 2.45) is 22.7 Å². The number of hydrogen-bond donors (Lipinski definition) is 0. The number of nitrogens with zero attached hydrogens (tertiary/aromatic N) is 1. The first-order valence-corrected chi connectivity index (χ1v) is 16.3. The minimum absolute atomic E-state index is 0.000443. The summed E-state index contributed by atoms with van der Waals surface area (Å²) < 4.78 is 34.7. The number of sulfonamides is 1. The van der Waals surface area contributed by atoms with Crippen LogP contribution in [0.3, 0.4) is 0 Å². The van der Waals surface area contributed by atoms with Gasteiger partial charge in [-0.1, -0.05) is 47.6 Å². The molecule has 1 heterocycles. The summed E-state index contributed by atoms with van der Waals surface area (Å²) in [5, 5.41) is 0.000443. The van der Waals surface area contributed by atoms with E-state index in [1.165, 1.54) is 4.31 Å². The first kappa shape index (κ1) is 25.0. The average molecular weight is 470 g/mol. The summed E-state index contributed by atoms with van der Waals surface area (Å²) in [6.45, 7) is 21.1. The van der Waals surface area contributed by atoms with Crippen LogP contribution in [0.25, 0.3) is 0 Å². The van der Waals surface area contributed by atoms with Crippen molar-refractivity contribution in [3.63, 3.8) is 0 Å². The number of amides is 1. The zero-order valence-electron chi connectivity index (χ0n) is 21.2. The van der Waals surface area contributed by atoms with Crippen LogP contribution in [0, 0.1) is 22.7 Å².